The summed E-state index contributed by atoms with van der Waals surface area (Å²) in [4.78, 5) is 0. The molecule has 0 N–H and O–H groups in total. The van der Waals surface area contributed by atoms with E-state index in [0.29, 0.717) is 0 Å². The van der Waals surface area contributed by atoms with Crippen molar-refractivity contribution < 1.29 is 39.9 Å². The summed E-state index contributed by atoms with van der Waals surface area (Å²) >= 11 is 0. The van der Waals surface area contributed by atoms with E-state index in [1.165, 1.54) is 48.5 Å². The topological polar surface area (TPSA) is 92.2 Å². The van der Waals surface area contributed by atoms with Gasteiger partial charge in [-0.2, -0.15) is 0 Å². The zero-order chi connectivity index (χ0) is 20.5. The van der Waals surface area contributed by atoms with E-state index in [0.717, 1.165) is 0 Å². The summed E-state index contributed by atoms with van der Waals surface area (Å²) in [5.74, 6) is 0.287. The summed E-state index contributed by atoms with van der Waals surface area (Å²) in [5, 5.41) is 41.1. The van der Waals surface area contributed by atoms with Gasteiger partial charge in [-0.15, -0.1) is 23.0 Å². The second-order valence-electron chi connectivity index (χ2n) is 5.25. The van der Waals surface area contributed by atoms with E-state index in [4.69, 9.17) is 0 Å². The van der Waals surface area contributed by atoms with Crippen LogP contribution in [0.3, 0.4) is 0 Å². The Bertz CT molecular complexity index is 699. The average molecular weight is 575 g/mol. The van der Waals surface area contributed by atoms with Crippen LogP contribution in [-0.4, -0.2) is 48.9 Å². The van der Waals surface area contributed by atoms with Crippen molar-refractivity contribution in [3.05, 3.63) is 121 Å². The molecule has 0 saturated carbocycles. The first kappa shape index (κ1) is 30.5. The van der Waals surface area contributed by atoms with Crippen LogP contribution in [0.15, 0.2) is 121 Å². The molecule has 4 nitrogen and oxygen atoms in total. The van der Waals surface area contributed by atoms with Gasteiger partial charge in [-0.3, -0.25) is 0 Å². The average Bonchev–Trinajstić information content (AvgIpc) is 2.72. The van der Waals surface area contributed by atoms with Gasteiger partial charge in [0, 0.05) is 0 Å². The monoisotopic (exact) mass is 574 g/mol. The fraction of sp³-hybridized carbons (Fsp3) is 0. The van der Waals surface area contributed by atoms with E-state index < -0.39 is 0 Å². The van der Waals surface area contributed by atoms with Crippen molar-refractivity contribution in [2.24, 2.45) is 0 Å². The molecule has 144 valence electrons. The Labute approximate surface area is 230 Å². The summed E-state index contributed by atoms with van der Waals surface area (Å²) in [6.07, 6.45) is 0. The Morgan fingerprint density at radius 3 is 0.500 bits per heavy atom. The zero-order valence-corrected chi connectivity index (χ0v) is 24.0. The van der Waals surface area contributed by atoms with Crippen LogP contribution in [0, 0.1) is 0 Å². The summed E-state index contributed by atoms with van der Waals surface area (Å²) in [6.45, 7) is 0. The van der Waals surface area contributed by atoms with E-state index in [2.05, 4.69) is 0 Å². The number of rotatable bonds is 0. The Morgan fingerprint density at radius 2 is 0.433 bits per heavy atom. The standard InChI is InChI=1S/4C6H6O.Ba.Zn/c4*7-6-4-2-1-3-5-6;;/h4*1-5,7H;;/q;;;;2*+2/p-4. The molecule has 4 rings (SSSR count). The summed E-state index contributed by atoms with van der Waals surface area (Å²) < 4.78 is 0. The molecule has 0 unspecified atom stereocenters. The minimum absolute atomic E-state index is 0. The predicted octanol–water partition coefficient (Wildman–Crippen LogP) is 2.66. The molecule has 0 atom stereocenters. The molecule has 6 heteroatoms. The van der Waals surface area contributed by atoms with Crippen LogP contribution in [0.2, 0.25) is 0 Å². The van der Waals surface area contributed by atoms with Gasteiger partial charge in [0.2, 0.25) is 0 Å². The van der Waals surface area contributed by atoms with E-state index in [1.807, 2.05) is 24.3 Å². The third-order valence-corrected chi connectivity index (χ3v) is 2.97. The van der Waals surface area contributed by atoms with Crippen molar-refractivity contribution >= 4 is 48.9 Å². The maximum absolute atomic E-state index is 10.3. The molecule has 4 aromatic carbocycles. The van der Waals surface area contributed by atoms with Crippen LogP contribution >= 0.6 is 0 Å². The van der Waals surface area contributed by atoms with Gasteiger partial charge in [-0.05, 0) is 0 Å². The van der Waals surface area contributed by atoms with Gasteiger partial charge in [-0.1, -0.05) is 121 Å². The van der Waals surface area contributed by atoms with Gasteiger partial charge < -0.3 is 20.4 Å². The van der Waals surface area contributed by atoms with Crippen LogP contribution in [0.4, 0.5) is 0 Å². The van der Waals surface area contributed by atoms with Crippen LogP contribution in [0.5, 0.6) is 23.0 Å². The number of para-hydroxylation sites is 4. The summed E-state index contributed by atoms with van der Waals surface area (Å²) in [5.41, 5.74) is 0. The Balaban J connectivity index is 0. The molecule has 0 aliphatic rings. The van der Waals surface area contributed by atoms with Crippen molar-refractivity contribution in [1.82, 2.24) is 0 Å². The van der Waals surface area contributed by atoms with Gasteiger partial charge >= 0.3 is 68.4 Å². The molecule has 0 aliphatic carbocycles. The van der Waals surface area contributed by atoms with Crippen molar-refractivity contribution in [2.75, 3.05) is 0 Å². The molecule has 0 amide bonds. The van der Waals surface area contributed by atoms with Crippen LogP contribution < -0.4 is 20.4 Å². The summed E-state index contributed by atoms with van der Waals surface area (Å²) in [7, 11) is 0. The quantitative estimate of drug-likeness (QED) is 0.302. The SMILES string of the molecule is [Ba+2].[O-]c1ccccc1.[O-]c1ccccc1.[O-]c1ccccc1.[O-]c1ccccc1.[Zn+2]. The molecule has 0 bridgehead atoms. The predicted molar refractivity (Wildman–Crippen MR) is 109 cm³/mol. The molecule has 0 radical (unpaired) electrons. The van der Waals surface area contributed by atoms with Gasteiger partial charge in [0.25, 0.3) is 0 Å². The molecule has 30 heavy (non-hydrogen) atoms. The first-order chi connectivity index (χ1) is 13.6. The van der Waals surface area contributed by atoms with E-state index in [9.17, 15) is 20.4 Å². The van der Waals surface area contributed by atoms with Crippen LogP contribution in [0.25, 0.3) is 0 Å². The fourth-order valence-electron chi connectivity index (χ4n) is 1.68. The van der Waals surface area contributed by atoms with E-state index >= 15 is 0 Å². The number of hydrogen-bond donors (Lipinski definition) is 0. The summed E-state index contributed by atoms with van der Waals surface area (Å²) in [6, 6.07) is 33.3. The van der Waals surface area contributed by atoms with Gasteiger partial charge in [-0.25, -0.2) is 0 Å². The molecular weight excluding hydrogens is 555 g/mol. The molecule has 0 heterocycles. The molecule has 0 spiro atoms. The molecule has 0 aliphatic heterocycles. The molecule has 4 aromatic rings. The largest absolute Gasteiger partial charge is 2.00 e. The van der Waals surface area contributed by atoms with Gasteiger partial charge in [0.15, 0.2) is 0 Å². The van der Waals surface area contributed by atoms with E-state index in [1.54, 1.807) is 48.5 Å². The maximum atomic E-state index is 10.3. The van der Waals surface area contributed by atoms with Crippen molar-refractivity contribution in [2.45, 2.75) is 0 Å². The fourth-order valence-corrected chi connectivity index (χ4v) is 1.68. The van der Waals surface area contributed by atoms with Crippen molar-refractivity contribution in [3.63, 3.8) is 0 Å². The van der Waals surface area contributed by atoms with Crippen LogP contribution in [0.1, 0.15) is 0 Å². The smallest absolute Gasteiger partial charge is 0.872 e. The van der Waals surface area contributed by atoms with Crippen molar-refractivity contribution in [3.8, 4) is 23.0 Å². The minimum Gasteiger partial charge on any atom is -0.872 e. The molecule has 0 fully saturated rings. The third-order valence-electron chi connectivity index (χ3n) is 2.97. The number of hydrogen-bond acceptors (Lipinski definition) is 4. The van der Waals surface area contributed by atoms with Gasteiger partial charge in [0.1, 0.15) is 0 Å². The molecular formula is C24H20BaO4Zn. The second kappa shape index (κ2) is 20.5. The van der Waals surface area contributed by atoms with Crippen molar-refractivity contribution in [1.29, 1.82) is 0 Å². The molecule has 0 saturated heterocycles. The van der Waals surface area contributed by atoms with Gasteiger partial charge in [0.05, 0.1) is 0 Å². The Kier molecular flexibility index (Phi) is 20.9. The first-order valence-corrected chi connectivity index (χ1v) is 8.46. The Morgan fingerprint density at radius 1 is 0.300 bits per heavy atom. The normalized spacial score (nSPS) is 8.00. The van der Waals surface area contributed by atoms with E-state index in [-0.39, 0.29) is 91.4 Å². The first-order valence-electron chi connectivity index (χ1n) is 8.46. The number of benzene rings is 4. The zero-order valence-electron chi connectivity index (χ0n) is 16.6. The maximum Gasteiger partial charge on any atom is 2.00 e. The molecule has 0 aromatic heterocycles. The third kappa shape index (κ3) is 18.3. The second-order valence-corrected chi connectivity index (χ2v) is 5.25. The van der Waals surface area contributed by atoms with Crippen LogP contribution in [-0.2, 0) is 19.5 Å². The minimum atomic E-state index is 0. The Hall–Kier alpha value is -1.73.